The molecule has 0 saturated carbocycles. The molecule has 2 N–H and O–H groups in total. The molecule has 0 atom stereocenters. The quantitative estimate of drug-likeness (QED) is 0.745. The minimum Gasteiger partial charge on any atom is -0.375 e. The first-order valence-corrected chi connectivity index (χ1v) is 7.28. The fourth-order valence-electron chi connectivity index (χ4n) is 1.63. The van der Waals surface area contributed by atoms with Crippen LogP contribution in [0.5, 0.6) is 0 Å². The smallest absolute Gasteiger partial charge is 0.216 e. The Bertz CT molecular complexity index is 765. The van der Waals surface area contributed by atoms with Gasteiger partial charge in [-0.25, -0.2) is 9.97 Å². The van der Waals surface area contributed by atoms with Crippen molar-refractivity contribution in [2.45, 2.75) is 6.92 Å². The van der Waals surface area contributed by atoms with Crippen LogP contribution in [0.25, 0.3) is 10.7 Å². The molecule has 100 valence electrons. The van der Waals surface area contributed by atoms with E-state index < -0.39 is 0 Å². The van der Waals surface area contributed by atoms with E-state index in [2.05, 4.69) is 19.9 Å². The second-order valence-corrected chi connectivity index (χ2v) is 5.98. The lowest BCUT2D eigenvalue weighted by molar-refractivity contribution is 0.104. The Morgan fingerprint density at radius 2 is 2.05 bits per heavy atom. The Balaban J connectivity index is 1.99. The average molecular weight is 303 g/mol. The number of carbonyl (C=O) groups is 1. The maximum atomic E-state index is 12.4. The molecule has 0 aliphatic heterocycles. The normalized spacial score (nSPS) is 10.7. The molecule has 0 fully saturated rings. The van der Waals surface area contributed by atoms with E-state index in [1.807, 2.05) is 0 Å². The minimum atomic E-state index is -0.107. The summed E-state index contributed by atoms with van der Waals surface area (Å²) in [6.45, 7) is 1.80. The van der Waals surface area contributed by atoms with E-state index in [1.54, 1.807) is 25.5 Å². The molecule has 0 aromatic carbocycles. The highest BCUT2D eigenvalue weighted by atomic mass is 32.1. The Morgan fingerprint density at radius 3 is 2.70 bits per heavy atom. The van der Waals surface area contributed by atoms with E-state index in [1.165, 1.54) is 28.9 Å². The van der Waals surface area contributed by atoms with Crippen molar-refractivity contribution in [2.75, 3.05) is 5.73 Å². The molecule has 0 aliphatic rings. The van der Waals surface area contributed by atoms with Crippen molar-refractivity contribution < 1.29 is 4.79 Å². The van der Waals surface area contributed by atoms with Crippen LogP contribution in [0.3, 0.4) is 0 Å². The molecule has 3 heterocycles. The molecule has 0 unspecified atom stereocenters. The van der Waals surface area contributed by atoms with Crippen LogP contribution >= 0.6 is 22.7 Å². The summed E-state index contributed by atoms with van der Waals surface area (Å²) < 4.78 is 0. The van der Waals surface area contributed by atoms with E-state index in [0.29, 0.717) is 31.3 Å². The standard InChI is InChI=1S/C12H9N5OS2/c1-6-10(9(18)8-5-16-12(13)19-8)20-11(17-6)7-4-14-2-3-15-7/h2-5H,1H3,(H2,13,16). The Kier molecular flexibility index (Phi) is 3.25. The lowest BCUT2D eigenvalue weighted by Crippen LogP contribution is -1.97. The third-order valence-electron chi connectivity index (χ3n) is 2.53. The SMILES string of the molecule is Cc1nc(-c2cnccn2)sc1C(=O)c1cnc(N)s1. The maximum Gasteiger partial charge on any atom is 0.216 e. The number of thiazole rings is 2. The topological polar surface area (TPSA) is 94.6 Å². The van der Waals surface area contributed by atoms with E-state index in [4.69, 9.17) is 5.73 Å². The first-order valence-electron chi connectivity index (χ1n) is 5.65. The van der Waals surface area contributed by atoms with Crippen molar-refractivity contribution in [1.82, 2.24) is 19.9 Å². The van der Waals surface area contributed by atoms with Gasteiger partial charge in [-0.3, -0.25) is 14.8 Å². The highest BCUT2D eigenvalue weighted by molar-refractivity contribution is 7.20. The summed E-state index contributed by atoms with van der Waals surface area (Å²) in [7, 11) is 0. The van der Waals surface area contributed by atoms with Crippen LogP contribution in [0.2, 0.25) is 0 Å². The van der Waals surface area contributed by atoms with Crippen LogP contribution in [0.15, 0.2) is 24.8 Å². The number of ketones is 1. The lowest BCUT2D eigenvalue weighted by Gasteiger charge is -1.92. The molecule has 8 heteroatoms. The van der Waals surface area contributed by atoms with Gasteiger partial charge in [0.25, 0.3) is 0 Å². The summed E-state index contributed by atoms with van der Waals surface area (Å²) >= 11 is 2.47. The molecule has 0 amide bonds. The zero-order valence-electron chi connectivity index (χ0n) is 10.4. The molecule has 0 bridgehead atoms. The van der Waals surface area contributed by atoms with Crippen LogP contribution < -0.4 is 5.73 Å². The molecule has 0 radical (unpaired) electrons. The van der Waals surface area contributed by atoms with Crippen LogP contribution in [0, 0.1) is 6.92 Å². The number of hydrogen-bond donors (Lipinski definition) is 1. The second kappa shape index (κ2) is 5.06. The molecule has 3 rings (SSSR count). The van der Waals surface area contributed by atoms with E-state index >= 15 is 0 Å². The van der Waals surface area contributed by atoms with Crippen molar-refractivity contribution >= 4 is 33.6 Å². The lowest BCUT2D eigenvalue weighted by atomic mass is 10.2. The summed E-state index contributed by atoms with van der Waals surface area (Å²) in [6, 6.07) is 0. The number of hydrogen-bond acceptors (Lipinski definition) is 8. The molecule has 6 nitrogen and oxygen atoms in total. The van der Waals surface area contributed by atoms with Crippen molar-refractivity contribution in [3.8, 4) is 10.7 Å². The number of anilines is 1. The number of nitrogen functional groups attached to an aromatic ring is 1. The van der Waals surface area contributed by atoms with E-state index in [0.717, 1.165) is 0 Å². The van der Waals surface area contributed by atoms with Crippen LogP contribution in [-0.2, 0) is 0 Å². The van der Waals surface area contributed by atoms with Crippen molar-refractivity contribution in [2.24, 2.45) is 0 Å². The van der Waals surface area contributed by atoms with Gasteiger partial charge < -0.3 is 5.73 Å². The molecular weight excluding hydrogens is 294 g/mol. The van der Waals surface area contributed by atoms with Gasteiger partial charge in [0.15, 0.2) is 5.13 Å². The number of aromatic nitrogens is 4. The van der Waals surface area contributed by atoms with Gasteiger partial charge in [0.1, 0.15) is 10.7 Å². The van der Waals surface area contributed by atoms with Crippen molar-refractivity contribution in [3.05, 3.63) is 40.2 Å². The third kappa shape index (κ3) is 2.30. The fraction of sp³-hybridized carbons (Fsp3) is 0.0833. The van der Waals surface area contributed by atoms with E-state index in [-0.39, 0.29) is 5.78 Å². The maximum absolute atomic E-state index is 12.4. The Labute approximate surface area is 122 Å². The average Bonchev–Trinajstić information content (AvgIpc) is 3.05. The van der Waals surface area contributed by atoms with Gasteiger partial charge in [0.05, 0.1) is 27.8 Å². The number of nitrogens with two attached hydrogens (primary N) is 1. The first-order chi connectivity index (χ1) is 9.65. The summed E-state index contributed by atoms with van der Waals surface area (Å²) in [5, 5.41) is 1.06. The highest BCUT2D eigenvalue weighted by Crippen LogP contribution is 2.29. The summed E-state index contributed by atoms with van der Waals surface area (Å²) in [4.78, 5) is 29.9. The first kappa shape index (κ1) is 12.8. The number of nitrogens with zero attached hydrogens (tertiary/aromatic N) is 4. The zero-order valence-corrected chi connectivity index (χ0v) is 12.0. The van der Waals surface area contributed by atoms with Crippen LogP contribution in [0.1, 0.15) is 20.2 Å². The Hall–Kier alpha value is -2.19. The number of rotatable bonds is 3. The van der Waals surface area contributed by atoms with Crippen LogP contribution in [-0.4, -0.2) is 25.7 Å². The summed E-state index contributed by atoms with van der Waals surface area (Å²) in [5.74, 6) is -0.107. The molecule has 0 aliphatic carbocycles. The molecule has 0 spiro atoms. The molecule has 3 aromatic heterocycles. The van der Waals surface area contributed by atoms with Crippen molar-refractivity contribution in [3.63, 3.8) is 0 Å². The van der Waals surface area contributed by atoms with Gasteiger partial charge >= 0.3 is 0 Å². The molecule has 20 heavy (non-hydrogen) atoms. The van der Waals surface area contributed by atoms with Gasteiger partial charge in [-0.2, -0.15) is 0 Å². The monoisotopic (exact) mass is 303 g/mol. The Morgan fingerprint density at radius 1 is 1.20 bits per heavy atom. The fourth-order valence-corrected chi connectivity index (χ4v) is 3.31. The third-order valence-corrected chi connectivity index (χ3v) is 4.54. The summed E-state index contributed by atoms with van der Waals surface area (Å²) in [5.41, 5.74) is 6.88. The predicted octanol–water partition coefficient (Wildman–Crippen LogP) is 2.18. The molecular formula is C12H9N5OS2. The van der Waals surface area contributed by atoms with Gasteiger partial charge in [-0.05, 0) is 6.92 Å². The molecule has 0 saturated heterocycles. The molecule has 3 aromatic rings. The number of carbonyl (C=O) groups excluding carboxylic acids is 1. The van der Waals surface area contributed by atoms with E-state index in [9.17, 15) is 4.79 Å². The van der Waals surface area contributed by atoms with Gasteiger partial charge in [-0.1, -0.05) is 11.3 Å². The van der Waals surface area contributed by atoms with Gasteiger partial charge in [0.2, 0.25) is 5.78 Å². The largest absolute Gasteiger partial charge is 0.375 e. The second-order valence-electron chi connectivity index (χ2n) is 3.92. The minimum absolute atomic E-state index is 0.107. The van der Waals surface area contributed by atoms with Crippen molar-refractivity contribution in [1.29, 1.82) is 0 Å². The van der Waals surface area contributed by atoms with Gasteiger partial charge in [0, 0.05) is 12.4 Å². The zero-order chi connectivity index (χ0) is 14.1. The summed E-state index contributed by atoms with van der Waals surface area (Å²) in [6.07, 6.45) is 6.30. The number of aryl methyl sites for hydroxylation is 1. The van der Waals surface area contributed by atoms with Crippen LogP contribution in [0.4, 0.5) is 5.13 Å². The predicted molar refractivity (Wildman–Crippen MR) is 77.8 cm³/mol. The highest BCUT2D eigenvalue weighted by Gasteiger charge is 2.20. The van der Waals surface area contributed by atoms with Gasteiger partial charge in [-0.15, -0.1) is 11.3 Å².